The largest absolute Gasteiger partial charge is 0.358 e. The van der Waals surface area contributed by atoms with Crippen molar-refractivity contribution < 1.29 is 4.39 Å². The van der Waals surface area contributed by atoms with Crippen LogP contribution in [0.5, 0.6) is 0 Å². The molecule has 1 aromatic carbocycles. The number of benzene rings is 1. The van der Waals surface area contributed by atoms with Gasteiger partial charge in [0.25, 0.3) is 0 Å². The second kappa shape index (κ2) is 4.64. The molecule has 0 fully saturated rings. The van der Waals surface area contributed by atoms with Crippen LogP contribution < -0.4 is 5.73 Å². The molecule has 0 bridgehead atoms. The Bertz CT molecular complexity index is 465. The molecule has 0 unspecified atom stereocenters. The summed E-state index contributed by atoms with van der Waals surface area (Å²) in [6, 6.07) is 4.78. The van der Waals surface area contributed by atoms with Crippen molar-refractivity contribution in [2.45, 2.75) is 13.3 Å². The minimum atomic E-state index is -0.199. The molecule has 0 atom stereocenters. The van der Waals surface area contributed by atoms with Crippen molar-refractivity contribution in [3.05, 3.63) is 35.3 Å². The van der Waals surface area contributed by atoms with Gasteiger partial charge in [0.2, 0.25) is 0 Å². The standard InChI is InChI=1S/C11H13FN2.ClH/c1-7-9(4-5-13)10-6-8(12)2-3-11(10)14-7;/h2-3,6,14H,4-5,13H2,1H3;1H. The third kappa shape index (κ3) is 2.13. The lowest BCUT2D eigenvalue weighted by atomic mass is 10.1. The van der Waals surface area contributed by atoms with Crippen molar-refractivity contribution in [2.24, 2.45) is 5.73 Å². The molecule has 4 heteroatoms. The van der Waals surface area contributed by atoms with E-state index >= 15 is 0 Å². The lowest BCUT2D eigenvalue weighted by molar-refractivity contribution is 0.629. The van der Waals surface area contributed by atoms with E-state index in [4.69, 9.17) is 5.73 Å². The molecule has 2 nitrogen and oxygen atoms in total. The zero-order valence-electron chi connectivity index (χ0n) is 8.51. The molecule has 0 saturated carbocycles. The van der Waals surface area contributed by atoms with E-state index < -0.39 is 0 Å². The summed E-state index contributed by atoms with van der Waals surface area (Å²) in [5.41, 5.74) is 8.70. The maximum atomic E-state index is 13.0. The van der Waals surface area contributed by atoms with E-state index in [-0.39, 0.29) is 18.2 Å². The average Bonchev–Trinajstić information content (AvgIpc) is 2.45. The molecule has 0 saturated heterocycles. The van der Waals surface area contributed by atoms with Crippen molar-refractivity contribution in [2.75, 3.05) is 6.54 Å². The normalized spacial score (nSPS) is 10.3. The Balaban J connectivity index is 0.00000112. The number of halogens is 2. The molecule has 1 heterocycles. The van der Waals surface area contributed by atoms with Gasteiger partial charge in [0.1, 0.15) is 5.82 Å². The Morgan fingerprint density at radius 3 is 2.80 bits per heavy atom. The Hall–Kier alpha value is -1.06. The third-order valence-electron chi connectivity index (χ3n) is 2.48. The summed E-state index contributed by atoms with van der Waals surface area (Å²) in [6.45, 7) is 2.58. The van der Waals surface area contributed by atoms with E-state index in [1.165, 1.54) is 6.07 Å². The lowest BCUT2D eigenvalue weighted by Crippen LogP contribution is -2.03. The van der Waals surface area contributed by atoms with Gasteiger partial charge in [-0.25, -0.2) is 4.39 Å². The first kappa shape index (κ1) is 12.0. The minimum Gasteiger partial charge on any atom is -0.358 e. The first-order chi connectivity index (χ1) is 6.72. The van der Waals surface area contributed by atoms with Crippen LogP contribution in [-0.2, 0) is 6.42 Å². The van der Waals surface area contributed by atoms with Crippen molar-refractivity contribution in [1.82, 2.24) is 4.98 Å². The number of rotatable bonds is 2. The second-order valence-electron chi connectivity index (χ2n) is 3.46. The highest BCUT2D eigenvalue weighted by Gasteiger charge is 2.07. The molecule has 1 aromatic heterocycles. The molecule has 2 rings (SSSR count). The van der Waals surface area contributed by atoms with Crippen molar-refractivity contribution in [3.8, 4) is 0 Å². The molecule has 15 heavy (non-hydrogen) atoms. The van der Waals surface area contributed by atoms with E-state index in [0.717, 1.165) is 28.6 Å². The summed E-state index contributed by atoms with van der Waals surface area (Å²) in [6.07, 6.45) is 0.787. The topological polar surface area (TPSA) is 41.8 Å². The van der Waals surface area contributed by atoms with Gasteiger partial charge >= 0.3 is 0 Å². The van der Waals surface area contributed by atoms with E-state index in [0.29, 0.717) is 6.54 Å². The molecular formula is C11H14ClFN2. The third-order valence-corrected chi connectivity index (χ3v) is 2.48. The van der Waals surface area contributed by atoms with Crippen LogP contribution in [0.2, 0.25) is 0 Å². The van der Waals surface area contributed by atoms with Crippen LogP contribution in [-0.4, -0.2) is 11.5 Å². The molecule has 3 N–H and O–H groups in total. The molecule has 82 valence electrons. The van der Waals surface area contributed by atoms with Crippen LogP contribution in [0.1, 0.15) is 11.3 Å². The number of hydrogen-bond acceptors (Lipinski definition) is 1. The van der Waals surface area contributed by atoms with Gasteiger partial charge in [0.15, 0.2) is 0 Å². The average molecular weight is 229 g/mol. The van der Waals surface area contributed by atoms with Gasteiger partial charge in [-0.1, -0.05) is 0 Å². The van der Waals surface area contributed by atoms with Crippen LogP contribution in [0, 0.1) is 12.7 Å². The van der Waals surface area contributed by atoms with Gasteiger partial charge in [0.05, 0.1) is 0 Å². The number of aromatic nitrogens is 1. The fraction of sp³-hybridized carbons (Fsp3) is 0.273. The Morgan fingerprint density at radius 2 is 2.13 bits per heavy atom. The second-order valence-corrected chi connectivity index (χ2v) is 3.46. The van der Waals surface area contributed by atoms with E-state index in [9.17, 15) is 4.39 Å². The summed E-state index contributed by atoms with van der Waals surface area (Å²) >= 11 is 0. The number of aryl methyl sites for hydroxylation is 1. The summed E-state index contributed by atoms with van der Waals surface area (Å²) in [7, 11) is 0. The van der Waals surface area contributed by atoms with E-state index in [1.54, 1.807) is 12.1 Å². The summed E-state index contributed by atoms with van der Waals surface area (Å²) < 4.78 is 13.0. The molecule has 0 amide bonds. The number of nitrogens with two attached hydrogens (primary N) is 1. The SMILES string of the molecule is Cc1[nH]c2ccc(F)cc2c1CCN.Cl. The first-order valence-electron chi connectivity index (χ1n) is 4.69. The Morgan fingerprint density at radius 1 is 1.40 bits per heavy atom. The minimum absolute atomic E-state index is 0. The van der Waals surface area contributed by atoms with Crippen LogP contribution in [0.15, 0.2) is 18.2 Å². The van der Waals surface area contributed by atoms with Crippen LogP contribution in [0.4, 0.5) is 4.39 Å². The molecule has 2 aromatic rings. The van der Waals surface area contributed by atoms with Gasteiger partial charge in [0, 0.05) is 16.6 Å². The number of nitrogens with one attached hydrogen (secondary N) is 1. The van der Waals surface area contributed by atoms with Gasteiger partial charge in [-0.15, -0.1) is 12.4 Å². The zero-order chi connectivity index (χ0) is 10.1. The summed E-state index contributed by atoms with van der Waals surface area (Å²) in [5, 5.41) is 0.952. The van der Waals surface area contributed by atoms with E-state index in [1.807, 2.05) is 6.92 Å². The predicted molar refractivity (Wildman–Crippen MR) is 63.0 cm³/mol. The highest BCUT2D eigenvalue weighted by Crippen LogP contribution is 2.23. The first-order valence-corrected chi connectivity index (χ1v) is 4.69. The highest BCUT2D eigenvalue weighted by molar-refractivity contribution is 5.85. The number of aromatic amines is 1. The number of hydrogen-bond donors (Lipinski definition) is 2. The van der Waals surface area contributed by atoms with Crippen LogP contribution >= 0.6 is 12.4 Å². The summed E-state index contributed by atoms with van der Waals surface area (Å²) in [4.78, 5) is 3.22. The number of fused-ring (bicyclic) bond motifs is 1. The maximum absolute atomic E-state index is 13.0. The van der Waals surface area contributed by atoms with Gasteiger partial charge in [-0.05, 0) is 43.7 Å². The van der Waals surface area contributed by atoms with Crippen LogP contribution in [0.25, 0.3) is 10.9 Å². The zero-order valence-corrected chi connectivity index (χ0v) is 9.33. The van der Waals surface area contributed by atoms with Crippen molar-refractivity contribution in [1.29, 1.82) is 0 Å². The highest BCUT2D eigenvalue weighted by atomic mass is 35.5. The molecule has 0 radical (unpaired) electrons. The lowest BCUT2D eigenvalue weighted by Gasteiger charge is -1.97. The summed E-state index contributed by atoms with van der Waals surface area (Å²) in [5.74, 6) is -0.199. The van der Waals surface area contributed by atoms with E-state index in [2.05, 4.69) is 4.98 Å². The smallest absolute Gasteiger partial charge is 0.123 e. The molecular weight excluding hydrogens is 215 g/mol. The van der Waals surface area contributed by atoms with Crippen LogP contribution in [0.3, 0.4) is 0 Å². The number of H-pyrrole nitrogens is 1. The maximum Gasteiger partial charge on any atom is 0.123 e. The van der Waals surface area contributed by atoms with Gasteiger partial charge < -0.3 is 10.7 Å². The molecule has 0 aliphatic carbocycles. The fourth-order valence-electron chi connectivity index (χ4n) is 1.82. The molecule has 0 spiro atoms. The van der Waals surface area contributed by atoms with Gasteiger partial charge in [-0.3, -0.25) is 0 Å². The quantitative estimate of drug-likeness (QED) is 0.815. The van der Waals surface area contributed by atoms with Crippen molar-refractivity contribution in [3.63, 3.8) is 0 Å². The molecule has 0 aliphatic heterocycles. The Labute approximate surface area is 94.1 Å². The monoisotopic (exact) mass is 228 g/mol. The van der Waals surface area contributed by atoms with Crippen molar-refractivity contribution >= 4 is 23.3 Å². The fourth-order valence-corrected chi connectivity index (χ4v) is 1.82. The Kier molecular flexibility index (Phi) is 3.72. The predicted octanol–water partition coefficient (Wildman–Crippen LogP) is 2.54. The van der Waals surface area contributed by atoms with Gasteiger partial charge in [-0.2, -0.15) is 0 Å². The molecule has 0 aliphatic rings.